The monoisotopic (exact) mass is 798 g/mol. The van der Waals surface area contributed by atoms with E-state index >= 15 is 0 Å². The van der Waals surface area contributed by atoms with E-state index in [0.717, 1.165) is 31.4 Å². The third-order valence-corrected chi connectivity index (χ3v) is 8.72. The van der Waals surface area contributed by atoms with Crippen molar-refractivity contribution in [3.8, 4) is 5.75 Å². The fourth-order valence-electron chi connectivity index (χ4n) is 3.97. The molecule has 0 saturated carbocycles. The molecule has 25 nitrogen and oxygen atoms in total. The summed E-state index contributed by atoms with van der Waals surface area (Å²) in [5.41, 5.74) is -3.30. The number of aromatic nitrogens is 2. The second kappa shape index (κ2) is 14.8. The molecule has 1 unspecified atom stereocenters. The van der Waals surface area contributed by atoms with Crippen LogP contribution in [0.3, 0.4) is 0 Å². The number of thiazole rings is 1. The number of amides is 9. The van der Waals surface area contributed by atoms with Gasteiger partial charge in [0.1, 0.15) is 29.6 Å². The number of carbonyl (C=O) groups is 8. The van der Waals surface area contributed by atoms with Gasteiger partial charge in [-0.25, -0.2) is 33.9 Å². The van der Waals surface area contributed by atoms with Gasteiger partial charge in [-0.1, -0.05) is 5.16 Å². The van der Waals surface area contributed by atoms with Gasteiger partial charge >= 0.3 is 34.3 Å². The highest BCUT2D eigenvalue weighted by Crippen LogP contribution is 2.21. The summed E-state index contributed by atoms with van der Waals surface area (Å²) in [5, 5.41) is 28.2. The van der Waals surface area contributed by atoms with Crippen molar-refractivity contribution in [2.75, 3.05) is 18.4 Å². The molecule has 4 heterocycles. The molecule has 9 amide bonds. The normalized spacial score (nSPS) is 16.4. The first-order valence-corrected chi connectivity index (χ1v) is 17.2. The number of oxime groups is 1. The van der Waals surface area contributed by atoms with Gasteiger partial charge in [0.2, 0.25) is 11.0 Å². The summed E-state index contributed by atoms with van der Waals surface area (Å²) in [6.07, 6.45) is -0.121. The maximum absolute atomic E-state index is 13.3. The van der Waals surface area contributed by atoms with Gasteiger partial charge in [-0.05, 0) is 34.6 Å². The quantitative estimate of drug-likeness (QED) is 0.0580. The number of aromatic amines is 1. The third kappa shape index (κ3) is 9.04. The number of likely N-dealkylation sites (tertiary alicyclic amines) is 1. The van der Waals surface area contributed by atoms with Crippen molar-refractivity contribution in [2.24, 2.45) is 5.16 Å². The zero-order chi connectivity index (χ0) is 40.5. The Bertz CT molecular complexity index is 2160. The molecule has 2 fully saturated rings. The summed E-state index contributed by atoms with van der Waals surface area (Å²) in [6.45, 7) is 5.38. The maximum Gasteiger partial charge on any atom is 0.413 e. The van der Waals surface area contributed by atoms with Crippen molar-refractivity contribution in [1.82, 2.24) is 39.6 Å². The average Bonchev–Trinajstić information content (AvgIpc) is 3.61. The topological polar surface area (TPSA) is 346 Å². The predicted octanol–water partition coefficient (Wildman–Crippen LogP) is -1.64. The highest BCUT2D eigenvalue weighted by molar-refractivity contribution is 7.88. The van der Waals surface area contributed by atoms with Crippen LogP contribution < -0.4 is 26.2 Å². The second-order valence-electron chi connectivity index (χ2n) is 12.5. The average molecular weight is 799 g/mol. The van der Waals surface area contributed by atoms with E-state index in [1.54, 1.807) is 20.8 Å². The minimum Gasteiger partial charge on any atom is -0.503 e. The van der Waals surface area contributed by atoms with Crippen molar-refractivity contribution < 1.29 is 66.6 Å². The molecule has 54 heavy (non-hydrogen) atoms. The van der Waals surface area contributed by atoms with E-state index in [2.05, 4.69) is 25.8 Å². The van der Waals surface area contributed by atoms with Gasteiger partial charge in [-0.2, -0.15) is 8.42 Å². The number of imide groups is 2. The summed E-state index contributed by atoms with van der Waals surface area (Å²) in [5.74, 6) is -7.18. The Balaban J connectivity index is 1.41. The van der Waals surface area contributed by atoms with Crippen LogP contribution in [0.5, 0.6) is 5.75 Å². The first kappa shape index (κ1) is 40.1. The number of hydrogen-bond donors (Lipinski definition) is 7. The van der Waals surface area contributed by atoms with Gasteiger partial charge in [-0.3, -0.25) is 39.6 Å². The highest BCUT2D eigenvalue weighted by Gasteiger charge is 2.49. The van der Waals surface area contributed by atoms with Crippen LogP contribution in [0.25, 0.3) is 0 Å². The molecular weight excluding hydrogens is 768 g/mol. The highest BCUT2D eigenvalue weighted by atomic mass is 32.2. The number of carboxylic acids is 1. The molecule has 2 aromatic rings. The molecular formula is C27H30N10O15S2. The van der Waals surface area contributed by atoms with Crippen LogP contribution in [0, 0.1) is 0 Å². The van der Waals surface area contributed by atoms with Gasteiger partial charge < -0.3 is 30.1 Å². The number of rotatable bonds is 11. The molecule has 290 valence electrons. The van der Waals surface area contributed by atoms with Gasteiger partial charge in [0, 0.05) is 17.6 Å². The van der Waals surface area contributed by atoms with Crippen molar-refractivity contribution in [2.45, 2.75) is 51.9 Å². The van der Waals surface area contributed by atoms with E-state index in [0.29, 0.717) is 11.0 Å². The number of hydrazine groups is 1. The lowest BCUT2D eigenvalue weighted by atomic mass is 10.1. The van der Waals surface area contributed by atoms with Crippen LogP contribution in [0.15, 0.2) is 27.6 Å². The maximum atomic E-state index is 13.3. The van der Waals surface area contributed by atoms with Crippen molar-refractivity contribution >= 4 is 80.1 Å². The molecule has 7 N–H and O–H groups in total. The predicted molar refractivity (Wildman–Crippen MR) is 178 cm³/mol. The van der Waals surface area contributed by atoms with Gasteiger partial charge in [-0.15, -0.1) is 15.6 Å². The van der Waals surface area contributed by atoms with Crippen LogP contribution in [0.4, 0.5) is 19.5 Å². The summed E-state index contributed by atoms with van der Waals surface area (Å²) >= 11 is 0.814. The third-order valence-electron chi connectivity index (χ3n) is 6.68. The number of aromatic hydroxyl groups is 1. The number of pyridine rings is 1. The van der Waals surface area contributed by atoms with Crippen LogP contribution in [-0.4, -0.2) is 127 Å². The number of H-pyrrole nitrogens is 1. The molecule has 0 bridgehead atoms. The number of ether oxygens (including phenoxy) is 1. The SMILES string of the molecule is CC(C)(C)OC(=O)Nc1nc(C(=NOC(C)(C)C(=O)O)C(=O)NC2CN(C(=O)NS(=O)(=O)N3C(=O)CN(NC(=O)c4cc(=O)c(O)c[nH]4)C3=O)C2=O)cs1. The summed E-state index contributed by atoms with van der Waals surface area (Å²) in [7, 11) is -5.34. The van der Waals surface area contributed by atoms with Crippen LogP contribution in [0.1, 0.15) is 50.8 Å². The summed E-state index contributed by atoms with van der Waals surface area (Å²) in [6, 6.07) is -4.13. The van der Waals surface area contributed by atoms with Gasteiger partial charge in [0.05, 0.1) is 6.54 Å². The van der Waals surface area contributed by atoms with E-state index in [4.69, 9.17) is 9.57 Å². The van der Waals surface area contributed by atoms with E-state index < -0.39 is 115 Å². The van der Waals surface area contributed by atoms with Crippen molar-refractivity contribution in [1.29, 1.82) is 0 Å². The molecule has 2 aliphatic heterocycles. The van der Waals surface area contributed by atoms with Crippen molar-refractivity contribution in [3.63, 3.8) is 0 Å². The number of urea groups is 2. The number of nitrogens with one attached hydrogen (secondary N) is 5. The molecule has 27 heteroatoms. The number of carboxylic acid groups (broad SMARTS) is 1. The first-order chi connectivity index (χ1) is 24.9. The Morgan fingerprint density at radius 2 is 1.76 bits per heavy atom. The molecule has 0 spiro atoms. The lowest BCUT2D eigenvalue weighted by Gasteiger charge is -2.36. The number of carbonyl (C=O) groups excluding carboxylic acids is 7. The Kier molecular flexibility index (Phi) is 11.0. The number of aliphatic carboxylic acids is 1. The fourth-order valence-corrected chi connectivity index (χ4v) is 5.71. The standard InChI is InChI=1S/C27H30N10O15S2/c1-26(2,3)51-24(47)31-22-30-13(10-53-22)17(33-52-27(4,5)21(44)45)19(42)29-12-8-35(20(12)43)23(46)34-54(49,50)37-16(40)9-36(25(37)48)32-18(41)11-6-14(38)15(39)7-28-11/h6-7,10,12,39H,8-9H2,1-5H3,(H,28,38)(H,29,42)(H,32,41)(H,34,46)(H,44,45)(H,30,31,47). The van der Waals surface area contributed by atoms with Gasteiger partial charge in [0.25, 0.3) is 23.6 Å². The Morgan fingerprint density at radius 1 is 1.09 bits per heavy atom. The van der Waals surface area contributed by atoms with Crippen LogP contribution in [0.2, 0.25) is 0 Å². The van der Waals surface area contributed by atoms with Crippen molar-refractivity contribution in [3.05, 3.63) is 39.3 Å². The van der Waals surface area contributed by atoms with E-state index in [-0.39, 0.29) is 15.8 Å². The first-order valence-electron chi connectivity index (χ1n) is 14.9. The lowest BCUT2D eigenvalue weighted by Crippen LogP contribution is -2.68. The Morgan fingerprint density at radius 3 is 2.35 bits per heavy atom. The number of β-lactam (4-membered cyclic amide) rings is 1. The Hall–Kier alpha value is -6.64. The molecule has 0 radical (unpaired) electrons. The van der Waals surface area contributed by atoms with E-state index in [1.807, 2.05) is 5.43 Å². The zero-order valence-corrected chi connectivity index (χ0v) is 30.1. The second-order valence-corrected chi connectivity index (χ2v) is 14.8. The zero-order valence-electron chi connectivity index (χ0n) is 28.5. The molecule has 2 saturated heterocycles. The largest absolute Gasteiger partial charge is 0.503 e. The molecule has 2 aromatic heterocycles. The fraction of sp³-hybridized carbons (Fsp3) is 0.370. The van der Waals surface area contributed by atoms with E-state index in [1.165, 1.54) is 10.1 Å². The Labute approximate surface area is 306 Å². The number of anilines is 1. The van der Waals surface area contributed by atoms with Crippen LogP contribution in [-0.2, 0) is 39.0 Å². The minimum atomic E-state index is -5.34. The van der Waals surface area contributed by atoms with E-state index in [9.17, 15) is 61.8 Å². The number of hydrogen-bond acceptors (Lipinski definition) is 17. The molecule has 0 aromatic carbocycles. The minimum absolute atomic E-state index is 0.0739. The lowest BCUT2D eigenvalue weighted by molar-refractivity contribution is -0.161. The molecule has 2 aliphatic rings. The number of nitrogens with zero attached hydrogens (tertiary/aromatic N) is 5. The summed E-state index contributed by atoms with van der Waals surface area (Å²) < 4.78 is 31.8. The molecule has 0 aliphatic carbocycles. The van der Waals surface area contributed by atoms with Crippen LogP contribution >= 0.6 is 11.3 Å². The smallest absolute Gasteiger partial charge is 0.413 e. The summed E-state index contributed by atoms with van der Waals surface area (Å²) in [4.78, 5) is 123. The van der Waals surface area contributed by atoms with Gasteiger partial charge in [0.15, 0.2) is 16.6 Å². The molecule has 1 atom stereocenters. The molecule has 4 rings (SSSR count).